The van der Waals surface area contributed by atoms with Crippen molar-refractivity contribution >= 4 is 21.4 Å². The van der Waals surface area contributed by atoms with Crippen LogP contribution in [0.3, 0.4) is 0 Å². The molecule has 0 saturated heterocycles. The number of hydrogen-bond donors (Lipinski definition) is 2. The molecule has 118 valence electrons. The molecule has 0 aromatic heterocycles. The first-order valence-electron chi connectivity index (χ1n) is 7.68. The summed E-state index contributed by atoms with van der Waals surface area (Å²) in [7, 11) is -3.25. The minimum absolute atomic E-state index is 0.433. The lowest BCUT2D eigenvalue weighted by atomic mass is 9.79. The van der Waals surface area contributed by atoms with E-state index < -0.39 is 10.0 Å². The molecule has 1 fully saturated rings. The first-order valence-corrected chi connectivity index (χ1v) is 9.57. The van der Waals surface area contributed by atoms with Crippen LogP contribution < -0.4 is 10.0 Å². The van der Waals surface area contributed by atoms with Gasteiger partial charge in [-0.2, -0.15) is 0 Å². The van der Waals surface area contributed by atoms with Gasteiger partial charge in [-0.05, 0) is 49.7 Å². The summed E-state index contributed by atoms with van der Waals surface area (Å²) >= 11 is 0. The Kier molecular flexibility index (Phi) is 5.14. The molecule has 4 nitrogen and oxygen atoms in total. The zero-order valence-electron chi connectivity index (χ0n) is 13.1. The molecule has 0 aliphatic heterocycles. The van der Waals surface area contributed by atoms with Crippen LogP contribution >= 0.6 is 0 Å². The molecule has 1 aromatic carbocycles. The van der Waals surface area contributed by atoms with Crippen LogP contribution in [0.5, 0.6) is 0 Å². The van der Waals surface area contributed by atoms with Gasteiger partial charge in [0, 0.05) is 6.04 Å². The molecule has 1 saturated carbocycles. The van der Waals surface area contributed by atoms with Gasteiger partial charge in [-0.1, -0.05) is 26.0 Å². The highest BCUT2D eigenvalue weighted by Gasteiger charge is 2.23. The van der Waals surface area contributed by atoms with Crippen LogP contribution in [0.15, 0.2) is 24.3 Å². The maximum absolute atomic E-state index is 11.4. The first-order chi connectivity index (χ1) is 9.85. The molecule has 1 aliphatic rings. The van der Waals surface area contributed by atoms with Gasteiger partial charge >= 0.3 is 0 Å². The van der Waals surface area contributed by atoms with Gasteiger partial charge in [0.2, 0.25) is 10.0 Å². The molecule has 0 radical (unpaired) electrons. The van der Waals surface area contributed by atoms with Crippen molar-refractivity contribution < 1.29 is 8.42 Å². The number of hydrogen-bond acceptors (Lipinski definition) is 3. The van der Waals surface area contributed by atoms with E-state index in [2.05, 4.69) is 23.9 Å². The quantitative estimate of drug-likeness (QED) is 0.872. The molecule has 0 amide bonds. The highest BCUT2D eigenvalue weighted by Crippen LogP contribution is 2.32. The van der Waals surface area contributed by atoms with Crippen LogP contribution in [0.4, 0.5) is 11.4 Å². The molecule has 0 heterocycles. The van der Waals surface area contributed by atoms with Crippen LogP contribution in [0, 0.1) is 11.8 Å². The predicted molar refractivity (Wildman–Crippen MR) is 89.1 cm³/mol. The second-order valence-corrected chi connectivity index (χ2v) is 8.17. The molecule has 5 heteroatoms. The minimum atomic E-state index is -3.25. The van der Waals surface area contributed by atoms with E-state index >= 15 is 0 Å². The van der Waals surface area contributed by atoms with Gasteiger partial charge in [0.25, 0.3) is 0 Å². The molecule has 2 rings (SSSR count). The smallest absolute Gasteiger partial charge is 0.229 e. The monoisotopic (exact) mass is 310 g/mol. The Labute approximate surface area is 128 Å². The van der Waals surface area contributed by atoms with Gasteiger partial charge in [-0.25, -0.2) is 8.42 Å². The zero-order valence-corrected chi connectivity index (χ0v) is 13.9. The summed E-state index contributed by atoms with van der Waals surface area (Å²) < 4.78 is 25.4. The fraction of sp³-hybridized carbons (Fsp3) is 0.625. The van der Waals surface area contributed by atoms with E-state index in [9.17, 15) is 8.42 Å². The van der Waals surface area contributed by atoms with E-state index in [0.717, 1.165) is 30.4 Å². The van der Waals surface area contributed by atoms with Crippen LogP contribution in [-0.2, 0) is 10.0 Å². The molecule has 0 bridgehead atoms. The van der Waals surface area contributed by atoms with Gasteiger partial charge in [-0.15, -0.1) is 0 Å². The van der Waals surface area contributed by atoms with E-state index in [0.29, 0.717) is 11.7 Å². The summed E-state index contributed by atoms with van der Waals surface area (Å²) in [6.07, 6.45) is 5.97. The summed E-state index contributed by atoms with van der Waals surface area (Å²) in [6.45, 7) is 4.59. The Morgan fingerprint density at radius 1 is 1.05 bits per heavy atom. The van der Waals surface area contributed by atoms with Crippen molar-refractivity contribution in [3.05, 3.63) is 24.3 Å². The number of sulfonamides is 1. The summed E-state index contributed by atoms with van der Waals surface area (Å²) in [5.41, 5.74) is 1.50. The summed E-state index contributed by atoms with van der Waals surface area (Å²) in [5, 5.41) is 3.50. The van der Waals surface area contributed by atoms with Crippen LogP contribution in [0.1, 0.15) is 39.5 Å². The molecule has 1 aliphatic carbocycles. The number of anilines is 2. The average molecular weight is 310 g/mol. The third-order valence-electron chi connectivity index (χ3n) is 4.30. The van der Waals surface area contributed by atoms with Crippen LogP contribution in [-0.4, -0.2) is 20.7 Å². The van der Waals surface area contributed by atoms with E-state index in [4.69, 9.17) is 0 Å². The number of nitrogens with one attached hydrogen (secondary N) is 2. The second-order valence-electron chi connectivity index (χ2n) is 6.42. The number of benzene rings is 1. The minimum Gasteiger partial charge on any atom is -0.381 e. The number of rotatable bonds is 5. The Hall–Kier alpha value is -1.23. The fourth-order valence-electron chi connectivity index (χ4n) is 3.05. The third kappa shape index (κ3) is 4.92. The predicted octanol–water partition coefficient (Wildman–Crippen LogP) is 3.68. The third-order valence-corrected chi connectivity index (χ3v) is 4.89. The van der Waals surface area contributed by atoms with Crippen molar-refractivity contribution in [1.82, 2.24) is 0 Å². The van der Waals surface area contributed by atoms with Crippen molar-refractivity contribution in [2.24, 2.45) is 11.8 Å². The van der Waals surface area contributed by atoms with Crippen molar-refractivity contribution in [2.45, 2.75) is 45.6 Å². The van der Waals surface area contributed by atoms with Crippen molar-refractivity contribution in [2.75, 3.05) is 16.3 Å². The molecule has 0 atom stereocenters. The van der Waals surface area contributed by atoms with E-state index in [1.807, 2.05) is 18.2 Å². The van der Waals surface area contributed by atoms with E-state index in [1.165, 1.54) is 19.1 Å². The maximum atomic E-state index is 11.4. The molecule has 0 spiro atoms. The lowest BCUT2D eigenvalue weighted by Crippen LogP contribution is -2.28. The Balaban J connectivity index is 2.01. The highest BCUT2D eigenvalue weighted by molar-refractivity contribution is 7.92. The molecule has 21 heavy (non-hydrogen) atoms. The SMILES string of the molecule is CC(C)C1CCC(Nc2ccccc2NS(C)(=O)=O)CC1. The first kappa shape index (κ1) is 16.1. The average Bonchev–Trinajstić information content (AvgIpc) is 2.40. The van der Waals surface area contributed by atoms with E-state index in [1.54, 1.807) is 6.07 Å². The summed E-state index contributed by atoms with van der Waals surface area (Å²) in [4.78, 5) is 0. The summed E-state index contributed by atoms with van der Waals surface area (Å²) in [6, 6.07) is 7.93. The molecule has 2 N–H and O–H groups in total. The van der Waals surface area contributed by atoms with E-state index in [-0.39, 0.29) is 0 Å². The maximum Gasteiger partial charge on any atom is 0.229 e. The van der Waals surface area contributed by atoms with Gasteiger partial charge < -0.3 is 5.32 Å². The van der Waals surface area contributed by atoms with Gasteiger partial charge in [-0.3, -0.25) is 4.72 Å². The summed E-state index contributed by atoms with van der Waals surface area (Å²) in [5.74, 6) is 1.58. The van der Waals surface area contributed by atoms with Crippen LogP contribution in [0.25, 0.3) is 0 Å². The standard InChI is InChI=1S/C16H26N2O2S/c1-12(2)13-8-10-14(11-9-13)17-15-6-4-5-7-16(15)18-21(3,19)20/h4-7,12-14,17-18H,8-11H2,1-3H3. The van der Waals surface area contributed by atoms with Gasteiger partial charge in [0.15, 0.2) is 0 Å². The highest BCUT2D eigenvalue weighted by atomic mass is 32.2. The molecule has 1 aromatic rings. The Bertz CT molecular complexity index is 561. The van der Waals surface area contributed by atoms with Crippen LogP contribution in [0.2, 0.25) is 0 Å². The fourth-order valence-corrected chi connectivity index (χ4v) is 3.63. The van der Waals surface area contributed by atoms with Gasteiger partial charge in [0.05, 0.1) is 17.6 Å². The lowest BCUT2D eigenvalue weighted by molar-refractivity contribution is 0.267. The lowest BCUT2D eigenvalue weighted by Gasteiger charge is -2.32. The largest absolute Gasteiger partial charge is 0.381 e. The van der Waals surface area contributed by atoms with Crippen molar-refractivity contribution in [3.63, 3.8) is 0 Å². The molecule has 0 unspecified atom stereocenters. The van der Waals surface area contributed by atoms with Crippen molar-refractivity contribution in [3.8, 4) is 0 Å². The van der Waals surface area contributed by atoms with Crippen molar-refractivity contribution in [1.29, 1.82) is 0 Å². The number of para-hydroxylation sites is 2. The normalized spacial score (nSPS) is 23.0. The van der Waals surface area contributed by atoms with Gasteiger partial charge in [0.1, 0.15) is 0 Å². The zero-order chi connectivity index (χ0) is 15.5. The second kappa shape index (κ2) is 6.69. The Morgan fingerprint density at radius 3 is 2.14 bits per heavy atom. The topological polar surface area (TPSA) is 58.2 Å². The molecular formula is C16H26N2O2S. The molecular weight excluding hydrogens is 284 g/mol. The Morgan fingerprint density at radius 2 is 1.62 bits per heavy atom.